The van der Waals surface area contributed by atoms with Gasteiger partial charge in [0.2, 0.25) is 5.91 Å². The van der Waals surface area contributed by atoms with E-state index in [-0.39, 0.29) is 11.5 Å². The summed E-state index contributed by atoms with van der Waals surface area (Å²) in [5, 5.41) is 3.41. The number of hydrogen-bond acceptors (Lipinski definition) is 4. The van der Waals surface area contributed by atoms with Crippen molar-refractivity contribution in [1.29, 1.82) is 0 Å². The van der Waals surface area contributed by atoms with E-state index in [9.17, 15) is 4.79 Å². The zero-order valence-electron chi connectivity index (χ0n) is 11.4. The standard InChI is InChI=1S/C13H24N2O2S/c1-3-15(2)12(16)9-14-11-4-6-17-13(8-11)5-7-18-10-13/h11,14H,3-10H2,1-2H3. The third kappa shape index (κ3) is 3.39. The number of carbonyl (C=O) groups excluding carboxylic acids is 1. The smallest absolute Gasteiger partial charge is 0.236 e. The van der Waals surface area contributed by atoms with Crippen LogP contribution >= 0.6 is 11.8 Å². The highest BCUT2D eigenvalue weighted by Gasteiger charge is 2.40. The molecule has 2 rings (SSSR count). The lowest BCUT2D eigenvalue weighted by molar-refractivity contribution is -0.129. The first-order chi connectivity index (χ1) is 8.65. The number of nitrogens with zero attached hydrogens (tertiary/aromatic N) is 1. The van der Waals surface area contributed by atoms with Gasteiger partial charge in [0, 0.05) is 32.0 Å². The van der Waals surface area contributed by atoms with Crippen molar-refractivity contribution >= 4 is 17.7 Å². The van der Waals surface area contributed by atoms with Gasteiger partial charge in [0.1, 0.15) is 0 Å². The van der Waals surface area contributed by atoms with Crippen LogP contribution in [-0.4, -0.2) is 60.7 Å². The minimum atomic E-state index is 0.0975. The normalized spacial score (nSPS) is 31.8. The van der Waals surface area contributed by atoms with Crippen molar-refractivity contribution in [2.24, 2.45) is 0 Å². The Bertz CT molecular complexity index is 293. The molecule has 0 saturated carbocycles. The molecule has 18 heavy (non-hydrogen) atoms. The molecule has 4 nitrogen and oxygen atoms in total. The van der Waals surface area contributed by atoms with E-state index in [2.05, 4.69) is 5.32 Å². The number of thioether (sulfide) groups is 1. The molecule has 0 aromatic heterocycles. The third-order valence-electron chi connectivity index (χ3n) is 4.00. The predicted octanol–water partition coefficient (Wildman–Crippen LogP) is 1.11. The van der Waals surface area contributed by atoms with Crippen LogP contribution in [0.15, 0.2) is 0 Å². The molecule has 2 aliphatic heterocycles. The summed E-state index contributed by atoms with van der Waals surface area (Å²) in [5.41, 5.74) is 0.0975. The van der Waals surface area contributed by atoms with Gasteiger partial charge in [-0.1, -0.05) is 0 Å². The van der Waals surface area contributed by atoms with Gasteiger partial charge in [-0.25, -0.2) is 0 Å². The van der Waals surface area contributed by atoms with E-state index in [4.69, 9.17) is 4.74 Å². The number of hydrogen-bond donors (Lipinski definition) is 1. The van der Waals surface area contributed by atoms with Crippen LogP contribution in [0, 0.1) is 0 Å². The fourth-order valence-corrected chi connectivity index (χ4v) is 3.99. The first-order valence-electron chi connectivity index (χ1n) is 6.84. The van der Waals surface area contributed by atoms with Gasteiger partial charge in [0.25, 0.3) is 0 Å². The van der Waals surface area contributed by atoms with Crippen LogP contribution in [0.4, 0.5) is 0 Å². The molecule has 0 aromatic carbocycles. The Morgan fingerprint density at radius 1 is 1.61 bits per heavy atom. The highest BCUT2D eigenvalue weighted by atomic mass is 32.2. The summed E-state index contributed by atoms with van der Waals surface area (Å²) in [5.74, 6) is 2.51. The van der Waals surface area contributed by atoms with Gasteiger partial charge in [-0.2, -0.15) is 11.8 Å². The topological polar surface area (TPSA) is 41.6 Å². The maximum atomic E-state index is 11.8. The Kier molecular flexibility index (Phi) is 4.92. The van der Waals surface area contributed by atoms with E-state index in [0.717, 1.165) is 31.7 Å². The van der Waals surface area contributed by atoms with Crippen molar-refractivity contribution in [1.82, 2.24) is 10.2 Å². The van der Waals surface area contributed by atoms with Crippen LogP contribution in [-0.2, 0) is 9.53 Å². The molecular weight excluding hydrogens is 248 g/mol. The van der Waals surface area contributed by atoms with Gasteiger partial charge in [0.05, 0.1) is 12.1 Å². The molecule has 0 bridgehead atoms. The van der Waals surface area contributed by atoms with Crippen LogP contribution in [0.2, 0.25) is 0 Å². The first-order valence-corrected chi connectivity index (χ1v) is 8.00. The molecule has 0 aliphatic carbocycles. The molecule has 2 heterocycles. The third-order valence-corrected chi connectivity index (χ3v) is 5.23. The van der Waals surface area contributed by atoms with Crippen LogP contribution in [0.5, 0.6) is 0 Å². The minimum Gasteiger partial charge on any atom is -0.374 e. The SMILES string of the molecule is CCN(C)C(=O)CNC1CCOC2(CCSC2)C1. The fourth-order valence-electron chi connectivity index (χ4n) is 2.61. The number of ether oxygens (including phenoxy) is 1. The van der Waals surface area contributed by atoms with Crippen molar-refractivity contribution in [3.05, 3.63) is 0 Å². The molecule has 5 heteroatoms. The van der Waals surface area contributed by atoms with E-state index in [1.165, 1.54) is 12.2 Å². The number of nitrogens with one attached hydrogen (secondary N) is 1. The lowest BCUT2D eigenvalue weighted by Crippen LogP contribution is -2.49. The van der Waals surface area contributed by atoms with Crippen molar-refractivity contribution < 1.29 is 9.53 Å². The number of carbonyl (C=O) groups is 1. The molecular formula is C13H24N2O2S. The lowest BCUT2D eigenvalue weighted by Gasteiger charge is -2.38. The Morgan fingerprint density at radius 2 is 2.44 bits per heavy atom. The van der Waals surface area contributed by atoms with Gasteiger partial charge in [0.15, 0.2) is 0 Å². The second-order valence-electron chi connectivity index (χ2n) is 5.31. The first kappa shape index (κ1) is 14.2. The van der Waals surface area contributed by atoms with Crippen molar-refractivity contribution in [2.75, 3.05) is 38.2 Å². The van der Waals surface area contributed by atoms with Crippen LogP contribution in [0.25, 0.3) is 0 Å². The molecule has 1 N–H and O–H groups in total. The van der Waals surface area contributed by atoms with E-state index in [1.54, 1.807) is 4.90 Å². The minimum absolute atomic E-state index is 0.0975. The molecule has 2 fully saturated rings. The summed E-state index contributed by atoms with van der Waals surface area (Å²) in [6, 6.07) is 0.437. The number of likely N-dealkylation sites (N-methyl/N-ethyl adjacent to an activating group) is 1. The Labute approximate surface area is 114 Å². The van der Waals surface area contributed by atoms with Gasteiger partial charge < -0.3 is 15.0 Å². The monoisotopic (exact) mass is 272 g/mol. The molecule has 0 radical (unpaired) electrons. The molecule has 2 unspecified atom stereocenters. The fraction of sp³-hybridized carbons (Fsp3) is 0.923. The molecule has 1 amide bonds. The summed E-state index contributed by atoms with van der Waals surface area (Å²) in [6.07, 6.45) is 3.25. The molecule has 104 valence electrons. The van der Waals surface area contributed by atoms with Crippen molar-refractivity contribution in [3.8, 4) is 0 Å². The molecule has 2 saturated heterocycles. The van der Waals surface area contributed by atoms with Crippen LogP contribution < -0.4 is 5.32 Å². The Balaban J connectivity index is 1.77. The highest BCUT2D eigenvalue weighted by Crippen LogP contribution is 2.38. The Hall–Kier alpha value is -0.260. The zero-order chi connectivity index (χ0) is 13.0. The van der Waals surface area contributed by atoms with E-state index < -0.39 is 0 Å². The van der Waals surface area contributed by atoms with Gasteiger partial charge in [-0.05, 0) is 31.9 Å². The molecule has 2 atom stereocenters. The second kappa shape index (κ2) is 6.26. The summed E-state index contributed by atoms with van der Waals surface area (Å²) in [6.45, 7) is 4.06. The summed E-state index contributed by atoms with van der Waals surface area (Å²) in [7, 11) is 1.85. The van der Waals surface area contributed by atoms with E-state index in [0.29, 0.717) is 12.6 Å². The lowest BCUT2D eigenvalue weighted by atomic mass is 9.90. The number of amides is 1. The summed E-state index contributed by atoms with van der Waals surface area (Å²) >= 11 is 1.99. The maximum Gasteiger partial charge on any atom is 0.236 e. The van der Waals surface area contributed by atoms with Crippen molar-refractivity contribution in [3.63, 3.8) is 0 Å². The largest absolute Gasteiger partial charge is 0.374 e. The molecule has 1 spiro atoms. The average molecular weight is 272 g/mol. The molecule has 0 aromatic rings. The van der Waals surface area contributed by atoms with Crippen LogP contribution in [0.3, 0.4) is 0 Å². The Morgan fingerprint density at radius 3 is 3.11 bits per heavy atom. The van der Waals surface area contributed by atoms with Crippen molar-refractivity contribution in [2.45, 2.75) is 37.8 Å². The van der Waals surface area contributed by atoms with Gasteiger partial charge in [-0.3, -0.25) is 4.79 Å². The van der Waals surface area contributed by atoms with Gasteiger partial charge >= 0.3 is 0 Å². The second-order valence-corrected chi connectivity index (χ2v) is 6.42. The zero-order valence-corrected chi connectivity index (χ0v) is 12.2. The summed E-state index contributed by atoms with van der Waals surface area (Å²) < 4.78 is 5.98. The number of rotatable bonds is 4. The highest BCUT2D eigenvalue weighted by molar-refractivity contribution is 7.99. The maximum absolute atomic E-state index is 11.8. The van der Waals surface area contributed by atoms with E-state index >= 15 is 0 Å². The quantitative estimate of drug-likeness (QED) is 0.832. The summed E-state index contributed by atoms with van der Waals surface area (Å²) in [4.78, 5) is 13.5. The predicted molar refractivity (Wildman–Crippen MR) is 75.0 cm³/mol. The van der Waals surface area contributed by atoms with E-state index in [1.807, 2.05) is 25.7 Å². The molecule has 2 aliphatic rings. The van der Waals surface area contributed by atoms with Crippen LogP contribution in [0.1, 0.15) is 26.2 Å². The van der Waals surface area contributed by atoms with Gasteiger partial charge in [-0.15, -0.1) is 0 Å². The average Bonchev–Trinajstić information content (AvgIpc) is 2.83.